The maximum atomic E-state index is 11.1. The molecule has 1 aliphatic carbocycles. The molecule has 0 spiro atoms. The zero-order valence-corrected chi connectivity index (χ0v) is 11.4. The van der Waals surface area contributed by atoms with E-state index in [1.54, 1.807) is 12.3 Å². The first-order valence-electron chi connectivity index (χ1n) is 6.94. The van der Waals surface area contributed by atoms with Gasteiger partial charge in [-0.25, -0.2) is 4.98 Å². The number of nitrogens with one attached hydrogen (secondary N) is 1. The first-order chi connectivity index (χ1) is 9.65. The number of anilines is 1. The van der Waals surface area contributed by atoms with Crippen molar-refractivity contribution < 1.29 is 4.92 Å². The van der Waals surface area contributed by atoms with Gasteiger partial charge >= 0.3 is 0 Å². The van der Waals surface area contributed by atoms with E-state index in [-0.39, 0.29) is 10.6 Å². The van der Waals surface area contributed by atoms with Gasteiger partial charge in [0, 0.05) is 29.4 Å². The van der Waals surface area contributed by atoms with Crippen LogP contribution in [0.5, 0.6) is 0 Å². The van der Waals surface area contributed by atoms with Gasteiger partial charge in [-0.3, -0.25) is 10.1 Å². The SMILES string of the molecule is CC1CCC(Nc2ccnc3c([N+](=O)[O-])cccc23)C1. The number of fused-ring (bicyclic) bond motifs is 1. The third kappa shape index (κ3) is 2.31. The quantitative estimate of drug-likeness (QED) is 0.682. The van der Waals surface area contributed by atoms with E-state index in [4.69, 9.17) is 0 Å². The van der Waals surface area contributed by atoms with Gasteiger partial charge in [0.05, 0.1) is 4.92 Å². The van der Waals surface area contributed by atoms with Crippen LogP contribution >= 0.6 is 0 Å². The van der Waals surface area contributed by atoms with Gasteiger partial charge in [0.15, 0.2) is 0 Å². The lowest BCUT2D eigenvalue weighted by Crippen LogP contribution is -2.15. The van der Waals surface area contributed by atoms with Crippen LogP contribution in [0.1, 0.15) is 26.2 Å². The number of nitro benzene ring substituents is 1. The molecule has 0 amide bonds. The Morgan fingerprint density at radius 1 is 1.35 bits per heavy atom. The summed E-state index contributed by atoms with van der Waals surface area (Å²) in [6, 6.07) is 7.45. The molecule has 0 bridgehead atoms. The standard InChI is InChI=1S/C15H17N3O2/c1-10-5-6-11(9-10)17-13-7-8-16-15-12(13)3-2-4-14(15)18(19)20/h2-4,7-8,10-11H,5-6,9H2,1H3,(H,16,17). The molecule has 2 atom stereocenters. The molecule has 5 heteroatoms. The van der Waals surface area contributed by atoms with Crippen molar-refractivity contribution >= 4 is 22.3 Å². The first kappa shape index (κ1) is 12.8. The minimum Gasteiger partial charge on any atom is -0.382 e. The van der Waals surface area contributed by atoms with E-state index in [2.05, 4.69) is 17.2 Å². The lowest BCUT2D eigenvalue weighted by atomic mass is 10.1. The van der Waals surface area contributed by atoms with E-state index in [1.807, 2.05) is 12.1 Å². The van der Waals surface area contributed by atoms with Crippen molar-refractivity contribution in [1.82, 2.24) is 4.98 Å². The van der Waals surface area contributed by atoms with Gasteiger partial charge in [0.25, 0.3) is 5.69 Å². The Hall–Kier alpha value is -2.17. The maximum absolute atomic E-state index is 11.1. The van der Waals surface area contributed by atoms with Crippen molar-refractivity contribution in [3.8, 4) is 0 Å². The van der Waals surface area contributed by atoms with Crippen molar-refractivity contribution in [2.45, 2.75) is 32.2 Å². The third-order valence-electron chi connectivity index (χ3n) is 4.00. The third-order valence-corrected chi connectivity index (χ3v) is 4.00. The van der Waals surface area contributed by atoms with Crippen LogP contribution in [0.25, 0.3) is 10.9 Å². The summed E-state index contributed by atoms with van der Waals surface area (Å²) in [5.41, 5.74) is 1.46. The maximum Gasteiger partial charge on any atom is 0.295 e. The van der Waals surface area contributed by atoms with Crippen molar-refractivity contribution in [3.05, 3.63) is 40.6 Å². The molecular formula is C15H17N3O2. The lowest BCUT2D eigenvalue weighted by Gasteiger charge is -2.15. The van der Waals surface area contributed by atoms with E-state index in [0.717, 1.165) is 29.8 Å². The second-order valence-electron chi connectivity index (χ2n) is 5.55. The van der Waals surface area contributed by atoms with Crippen LogP contribution < -0.4 is 5.32 Å². The van der Waals surface area contributed by atoms with Crippen LogP contribution in [0.15, 0.2) is 30.5 Å². The minimum absolute atomic E-state index is 0.0611. The summed E-state index contributed by atoms with van der Waals surface area (Å²) in [6.45, 7) is 2.26. The Morgan fingerprint density at radius 2 is 2.20 bits per heavy atom. The summed E-state index contributed by atoms with van der Waals surface area (Å²) in [4.78, 5) is 14.9. The highest BCUT2D eigenvalue weighted by Gasteiger charge is 2.22. The molecule has 1 aromatic heterocycles. The first-order valence-corrected chi connectivity index (χ1v) is 6.94. The van der Waals surface area contributed by atoms with Crippen molar-refractivity contribution in [2.75, 3.05) is 5.32 Å². The number of rotatable bonds is 3. The Bertz CT molecular complexity index is 657. The molecule has 1 saturated carbocycles. The fourth-order valence-electron chi connectivity index (χ4n) is 2.99. The zero-order chi connectivity index (χ0) is 14.1. The van der Waals surface area contributed by atoms with Crippen LogP contribution in [0.2, 0.25) is 0 Å². The monoisotopic (exact) mass is 271 g/mol. The molecule has 0 saturated heterocycles. The van der Waals surface area contributed by atoms with Gasteiger partial charge in [-0.15, -0.1) is 0 Å². The highest BCUT2D eigenvalue weighted by atomic mass is 16.6. The number of pyridine rings is 1. The Kier molecular flexibility index (Phi) is 3.26. The Balaban J connectivity index is 1.99. The Morgan fingerprint density at radius 3 is 2.90 bits per heavy atom. The molecule has 3 rings (SSSR count). The smallest absolute Gasteiger partial charge is 0.295 e. The summed E-state index contributed by atoms with van der Waals surface area (Å²) in [5.74, 6) is 0.745. The molecule has 1 heterocycles. The summed E-state index contributed by atoms with van der Waals surface area (Å²) < 4.78 is 0. The second kappa shape index (κ2) is 5.07. The number of nitrogens with zero attached hydrogens (tertiary/aromatic N) is 2. The lowest BCUT2D eigenvalue weighted by molar-refractivity contribution is -0.383. The van der Waals surface area contributed by atoms with E-state index < -0.39 is 0 Å². The minimum atomic E-state index is -0.378. The van der Waals surface area contributed by atoms with Crippen LogP contribution in [0, 0.1) is 16.0 Å². The molecule has 1 aromatic carbocycles. The van der Waals surface area contributed by atoms with E-state index in [9.17, 15) is 10.1 Å². The molecule has 2 aromatic rings. The second-order valence-corrected chi connectivity index (χ2v) is 5.55. The molecule has 0 radical (unpaired) electrons. The van der Waals surface area contributed by atoms with Gasteiger partial charge in [-0.05, 0) is 31.2 Å². The molecule has 1 aliphatic rings. The molecule has 104 valence electrons. The predicted octanol–water partition coefficient (Wildman–Crippen LogP) is 3.74. The van der Waals surface area contributed by atoms with Crippen molar-refractivity contribution in [2.24, 2.45) is 5.92 Å². The number of nitro groups is 1. The van der Waals surface area contributed by atoms with Gasteiger partial charge in [-0.2, -0.15) is 0 Å². The molecule has 1 fully saturated rings. The molecular weight excluding hydrogens is 254 g/mol. The number of hydrogen-bond donors (Lipinski definition) is 1. The number of aromatic nitrogens is 1. The van der Waals surface area contributed by atoms with Gasteiger partial charge in [0.1, 0.15) is 5.52 Å². The summed E-state index contributed by atoms with van der Waals surface area (Å²) in [5, 5.41) is 15.4. The van der Waals surface area contributed by atoms with Crippen LogP contribution in [0.4, 0.5) is 11.4 Å². The number of benzene rings is 1. The predicted molar refractivity (Wildman–Crippen MR) is 78.8 cm³/mol. The summed E-state index contributed by atoms with van der Waals surface area (Å²) in [6.07, 6.45) is 5.18. The van der Waals surface area contributed by atoms with E-state index in [0.29, 0.717) is 11.6 Å². The van der Waals surface area contributed by atoms with E-state index >= 15 is 0 Å². The highest BCUT2D eigenvalue weighted by Crippen LogP contribution is 2.32. The Labute approximate surface area is 117 Å². The van der Waals surface area contributed by atoms with Crippen molar-refractivity contribution in [1.29, 1.82) is 0 Å². The van der Waals surface area contributed by atoms with Crippen molar-refractivity contribution in [3.63, 3.8) is 0 Å². The average Bonchev–Trinajstić information content (AvgIpc) is 2.84. The van der Waals surface area contributed by atoms with Crippen LogP contribution in [0.3, 0.4) is 0 Å². The fourth-order valence-corrected chi connectivity index (χ4v) is 2.99. The topological polar surface area (TPSA) is 68.1 Å². The molecule has 20 heavy (non-hydrogen) atoms. The average molecular weight is 271 g/mol. The largest absolute Gasteiger partial charge is 0.382 e. The van der Waals surface area contributed by atoms with Gasteiger partial charge in [-0.1, -0.05) is 19.1 Å². The molecule has 2 unspecified atom stereocenters. The normalized spacial score (nSPS) is 22.1. The number of non-ortho nitro benzene ring substituents is 1. The zero-order valence-electron chi connectivity index (χ0n) is 11.4. The number of hydrogen-bond acceptors (Lipinski definition) is 4. The van der Waals surface area contributed by atoms with Crippen LogP contribution in [-0.2, 0) is 0 Å². The van der Waals surface area contributed by atoms with E-state index in [1.165, 1.54) is 12.5 Å². The molecule has 1 N–H and O–H groups in total. The summed E-state index contributed by atoms with van der Waals surface area (Å²) >= 11 is 0. The van der Waals surface area contributed by atoms with Crippen LogP contribution in [-0.4, -0.2) is 15.9 Å². The highest BCUT2D eigenvalue weighted by molar-refractivity contribution is 5.96. The van der Waals surface area contributed by atoms with Gasteiger partial charge in [0.2, 0.25) is 0 Å². The van der Waals surface area contributed by atoms with Gasteiger partial charge < -0.3 is 5.32 Å². The summed E-state index contributed by atoms with van der Waals surface area (Å²) in [7, 11) is 0. The molecule has 5 nitrogen and oxygen atoms in total. The fraction of sp³-hybridized carbons (Fsp3) is 0.400. The number of para-hydroxylation sites is 1. The molecule has 0 aliphatic heterocycles.